The summed E-state index contributed by atoms with van der Waals surface area (Å²) in [7, 11) is 0. The molecule has 33 heavy (non-hydrogen) atoms. The van der Waals surface area contributed by atoms with Crippen LogP contribution in [0.3, 0.4) is 0 Å². The summed E-state index contributed by atoms with van der Waals surface area (Å²) in [6.45, 7) is 3.47. The molecule has 1 saturated heterocycles. The molecule has 1 aliphatic heterocycles. The van der Waals surface area contributed by atoms with Crippen molar-refractivity contribution >= 4 is 32.7 Å². The topological polar surface area (TPSA) is 66.8 Å². The van der Waals surface area contributed by atoms with Gasteiger partial charge in [-0.15, -0.1) is 5.10 Å². The van der Waals surface area contributed by atoms with Crippen molar-refractivity contribution in [1.82, 2.24) is 24.9 Å². The zero-order valence-electron chi connectivity index (χ0n) is 18.6. The van der Waals surface area contributed by atoms with Crippen molar-refractivity contribution in [1.29, 1.82) is 0 Å². The number of benzene rings is 2. The molecule has 1 amide bonds. The highest BCUT2D eigenvalue weighted by atomic mass is 79.9. The Morgan fingerprint density at radius 2 is 2.06 bits per heavy atom. The molecular weight excluding hydrogens is 478 g/mol. The predicted octanol–water partition coefficient (Wildman–Crippen LogP) is 5.00. The first-order valence-corrected chi connectivity index (χ1v) is 12.4. The number of rotatable bonds is 4. The van der Waals surface area contributed by atoms with E-state index in [0.717, 1.165) is 57.3 Å². The van der Waals surface area contributed by atoms with E-state index in [9.17, 15) is 4.79 Å². The SMILES string of the molecule is Cc1[nH]c2ccc(Br)cc2c1CC(=O)N1CCC(n2cc(-c3ccc4c(c3)CCC4)nn2)C1. The lowest BCUT2D eigenvalue weighted by molar-refractivity contribution is -0.129. The number of hydrogen-bond donors (Lipinski definition) is 1. The molecule has 168 valence electrons. The van der Waals surface area contributed by atoms with E-state index >= 15 is 0 Å². The van der Waals surface area contributed by atoms with Crippen LogP contribution in [0, 0.1) is 6.92 Å². The summed E-state index contributed by atoms with van der Waals surface area (Å²) in [4.78, 5) is 18.5. The monoisotopic (exact) mass is 503 g/mol. The third kappa shape index (κ3) is 3.78. The number of hydrogen-bond acceptors (Lipinski definition) is 3. The van der Waals surface area contributed by atoms with Crippen molar-refractivity contribution in [2.24, 2.45) is 0 Å². The number of H-pyrrole nitrogens is 1. The molecule has 1 atom stereocenters. The minimum Gasteiger partial charge on any atom is -0.358 e. The van der Waals surface area contributed by atoms with E-state index in [2.05, 4.69) is 61.6 Å². The van der Waals surface area contributed by atoms with Crippen molar-refractivity contribution in [3.63, 3.8) is 0 Å². The normalized spacial score (nSPS) is 17.8. The van der Waals surface area contributed by atoms with Crippen LogP contribution in [0.1, 0.15) is 41.3 Å². The molecule has 1 fully saturated rings. The number of halogens is 1. The highest BCUT2D eigenvalue weighted by Crippen LogP contribution is 2.30. The van der Waals surface area contributed by atoms with Gasteiger partial charge < -0.3 is 9.88 Å². The summed E-state index contributed by atoms with van der Waals surface area (Å²) in [6.07, 6.45) is 6.93. The van der Waals surface area contributed by atoms with Gasteiger partial charge >= 0.3 is 0 Å². The van der Waals surface area contributed by atoms with Crippen LogP contribution in [0.2, 0.25) is 0 Å². The summed E-state index contributed by atoms with van der Waals surface area (Å²) in [5, 5.41) is 9.98. The molecule has 0 spiro atoms. The van der Waals surface area contributed by atoms with Crippen LogP contribution in [0.4, 0.5) is 0 Å². The van der Waals surface area contributed by atoms with Crippen LogP contribution in [-0.4, -0.2) is 43.9 Å². The smallest absolute Gasteiger partial charge is 0.227 e. The third-order valence-corrected chi connectivity index (χ3v) is 7.70. The molecule has 2 aromatic carbocycles. The summed E-state index contributed by atoms with van der Waals surface area (Å²) in [5.74, 6) is 0.167. The largest absolute Gasteiger partial charge is 0.358 e. The van der Waals surface area contributed by atoms with E-state index in [1.54, 1.807) is 0 Å². The van der Waals surface area contributed by atoms with E-state index in [1.165, 1.54) is 24.0 Å². The molecular formula is C26H26BrN5O. The van der Waals surface area contributed by atoms with Crippen molar-refractivity contribution in [3.8, 4) is 11.3 Å². The number of nitrogens with zero attached hydrogens (tertiary/aromatic N) is 4. The number of carbonyl (C=O) groups is 1. The van der Waals surface area contributed by atoms with Gasteiger partial charge in [0.15, 0.2) is 0 Å². The van der Waals surface area contributed by atoms with E-state index < -0.39 is 0 Å². The van der Waals surface area contributed by atoms with Gasteiger partial charge in [-0.05, 0) is 73.6 Å². The first-order valence-electron chi connectivity index (χ1n) is 11.6. The Morgan fingerprint density at radius 1 is 1.18 bits per heavy atom. The molecule has 7 heteroatoms. The Morgan fingerprint density at radius 3 is 2.97 bits per heavy atom. The lowest BCUT2D eigenvalue weighted by atomic mass is 10.0. The van der Waals surface area contributed by atoms with Gasteiger partial charge in [-0.2, -0.15) is 0 Å². The van der Waals surface area contributed by atoms with Crippen LogP contribution in [0.5, 0.6) is 0 Å². The number of carbonyl (C=O) groups excluding carboxylic acids is 1. The summed E-state index contributed by atoms with van der Waals surface area (Å²) in [6, 6.07) is 13.0. The second-order valence-electron chi connectivity index (χ2n) is 9.30. The van der Waals surface area contributed by atoms with Crippen molar-refractivity contribution in [2.45, 2.75) is 45.1 Å². The molecule has 1 unspecified atom stereocenters. The molecule has 6 nitrogen and oxygen atoms in total. The van der Waals surface area contributed by atoms with E-state index in [0.29, 0.717) is 13.0 Å². The van der Waals surface area contributed by atoms with Gasteiger partial charge in [0.1, 0.15) is 5.69 Å². The number of aromatic amines is 1. The number of likely N-dealkylation sites (tertiary alicyclic amines) is 1. The molecule has 1 N–H and O–H groups in total. The van der Waals surface area contributed by atoms with Gasteiger partial charge in [0.25, 0.3) is 0 Å². The zero-order valence-corrected chi connectivity index (χ0v) is 20.2. The van der Waals surface area contributed by atoms with Crippen LogP contribution >= 0.6 is 15.9 Å². The molecule has 0 saturated carbocycles. The predicted molar refractivity (Wildman–Crippen MR) is 132 cm³/mol. The Labute approximate surface area is 201 Å². The fourth-order valence-electron chi connectivity index (χ4n) is 5.35. The molecule has 2 aliphatic rings. The Bertz CT molecular complexity index is 1370. The maximum Gasteiger partial charge on any atom is 0.227 e. The summed E-state index contributed by atoms with van der Waals surface area (Å²) >= 11 is 3.55. The maximum absolute atomic E-state index is 13.2. The molecule has 1 aliphatic carbocycles. The van der Waals surface area contributed by atoms with Crippen LogP contribution in [0.15, 0.2) is 47.1 Å². The Kier molecular flexibility index (Phi) is 5.09. The number of nitrogens with one attached hydrogen (secondary N) is 1. The standard InChI is InChI=1S/C26H26BrN5O/c1-16-22(23-12-20(27)7-8-24(23)28-16)13-26(33)31-10-9-21(14-31)32-15-25(29-30-32)19-6-5-17-3-2-4-18(17)11-19/h5-8,11-12,15,21,28H,2-4,9-10,13-14H2,1H3. The van der Waals surface area contributed by atoms with Gasteiger partial charge in [0.05, 0.1) is 18.7 Å². The van der Waals surface area contributed by atoms with Crippen LogP contribution in [0.25, 0.3) is 22.2 Å². The fourth-order valence-corrected chi connectivity index (χ4v) is 5.71. The highest BCUT2D eigenvalue weighted by molar-refractivity contribution is 9.10. The number of aromatic nitrogens is 4. The van der Waals surface area contributed by atoms with Gasteiger partial charge in [-0.1, -0.05) is 33.3 Å². The van der Waals surface area contributed by atoms with Crippen molar-refractivity contribution in [3.05, 3.63) is 69.5 Å². The highest BCUT2D eigenvalue weighted by Gasteiger charge is 2.29. The van der Waals surface area contributed by atoms with E-state index in [-0.39, 0.29) is 11.9 Å². The van der Waals surface area contributed by atoms with Crippen molar-refractivity contribution < 1.29 is 4.79 Å². The summed E-state index contributed by atoms with van der Waals surface area (Å²) < 4.78 is 2.97. The minimum atomic E-state index is 0.167. The average Bonchev–Trinajstić information content (AvgIpc) is 3.60. The molecule has 6 rings (SSSR count). The molecule has 2 aromatic heterocycles. The van der Waals surface area contributed by atoms with Crippen molar-refractivity contribution in [2.75, 3.05) is 13.1 Å². The van der Waals surface area contributed by atoms with Gasteiger partial charge in [0, 0.05) is 39.7 Å². The number of amides is 1. The second-order valence-corrected chi connectivity index (χ2v) is 10.2. The molecule has 0 radical (unpaired) electrons. The lowest BCUT2D eigenvalue weighted by Crippen LogP contribution is -2.30. The Hall–Kier alpha value is -2.93. The average molecular weight is 504 g/mol. The summed E-state index contributed by atoms with van der Waals surface area (Å²) in [5.41, 5.74) is 8.16. The van der Waals surface area contributed by atoms with Gasteiger partial charge in [0.2, 0.25) is 5.91 Å². The first kappa shape index (κ1) is 20.7. The Balaban J connectivity index is 1.16. The lowest BCUT2D eigenvalue weighted by Gasteiger charge is -2.16. The third-order valence-electron chi connectivity index (χ3n) is 7.20. The van der Waals surface area contributed by atoms with E-state index in [1.807, 2.05) is 28.8 Å². The molecule has 4 aromatic rings. The minimum absolute atomic E-state index is 0.167. The first-order chi connectivity index (χ1) is 16.0. The fraction of sp³-hybridized carbons (Fsp3) is 0.346. The molecule has 3 heterocycles. The van der Waals surface area contributed by atoms with Gasteiger partial charge in [-0.25, -0.2) is 4.68 Å². The van der Waals surface area contributed by atoms with Gasteiger partial charge in [-0.3, -0.25) is 4.79 Å². The van der Waals surface area contributed by atoms with E-state index in [4.69, 9.17) is 0 Å². The van der Waals surface area contributed by atoms with Crippen LogP contribution in [-0.2, 0) is 24.1 Å². The molecule has 0 bridgehead atoms. The number of fused-ring (bicyclic) bond motifs is 2. The van der Waals surface area contributed by atoms with Crippen LogP contribution < -0.4 is 0 Å². The maximum atomic E-state index is 13.2. The second kappa shape index (κ2) is 8.13. The number of aryl methyl sites for hydroxylation is 3. The quantitative estimate of drug-likeness (QED) is 0.425. The zero-order chi connectivity index (χ0) is 22.5.